The Hall–Kier alpha value is -2.71. The van der Waals surface area contributed by atoms with Gasteiger partial charge in [0, 0.05) is 13.1 Å². The van der Waals surface area contributed by atoms with Crippen LogP contribution in [0, 0.1) is 6.92 Å². The Kier molecular flexibility index (Phi) is 4.91. The maximum absolute atomic E-state index is 13.1. The lowest BCUT2D eigenvalue weighted by Crippen LogP contribution is -2.47. The minimum Gasteiger partial charge on any atom is -0.378 e. The van der Waals surface area contributed by atoms with Crippen LogP contribution in [0.1, 0.15) is 11.1 Å². The molecule has 0 atom stereocenters. The van der Waals surface area contributed by atoms with Gasteiger partial charge in [0.15, 0.2) is 0 Å². The van der Waals surface area contributed by atoms with Crippen molar-refractivity contribution in [1.29, 1.82) is 0 Å². The summed E-state index contributed by atoms with van der Waals surface area (Å²) in [5.41, 5.74) is 2.56. The second-order valence-electron chi connectivity index (χ2n) is 6.77. The van der Waals surface area contributed by atoms with Crippen LogP contribution >= 0.6 is 0 Å². The van der Waals surface area contributed by atoms with Gasteiger partial charge in [-0.2, -0.15) is 5.10 Å². The number of amides is 1. The Morgan fingerprint density at radius 1 is 1.07 bits per heavy atom. The van der Waals surface area contributed by atoms with Crippen molar-refractivity contribution in [3.05, 3.63) is 59.7 Å². The number of morpholine rings is 1. The number of ether oxygens (including phenoxy) is 1. The molecule has 2 aliphatic rings. The molecule has 28 heavy (non-hydrogen) atoms. The molecule has 1 fully saturated rings. The van der Waals surface area contributed by atoms with E-state index in [-0.39, 0.29) is 4.90 Å². The largest absolute Gasteiger partial charge is 0.378 e. The molecule has 8 heteroatoms. The summed E-state index contributed by atoms with van der Waals surface area (Å²) in [4.78, 5) is 14.6. The van der Waals surface area contributed by atoms with E-state index in [2.05, 4.69) is 5.10 Å². The third kappa shape index (κ3) is 3.29. The molecule has 1 amide bonds. The molecule has 0 unspecified atom stereocenters. The molecule has 4 rings (SSSR count). The standard InChI is InChI=1S/C20H21N3O4S/c1-15-6-2-3-7-16(15)14-23-17-8-4-5-9-18(17)28(25,26)19(21-23)20(24)22-10-12-27-13-11-22/h2-9H,10-14H2,1H3. The fourth-order valence-electron chi connectivity index (χ4n) is 3.35. The second-order valence-corrected chi connectivity index (χ2v) is 8.60. The first kappa shape index (κ1) is 18.6. The average Bonchev–Trinajstić information content (AvgIpc) is 2.72. The lowest BCUT2D eigenvalue weighted by molar-refractivity contribution is -0.127. The van der Waals surface area contributed by atoms with Crippen LogP contribution in [-0.4, -0.2) is 50.6 Å². The van der Waals surface area contributed by atoms with Gasteiger partial charge in [0.2, 0.25) is 14.9 Å². The zero-order valence-electron chi connectivity index (χ0n) is 15.5. The van der Waals surface area contributed by atoms with Gasteiger partial charge in [-0.1, -0.05) is 36.4 Å². The Balaban J connectivity index is 1.77. The zero-order chi connectivity index (χ0) is 19.7. The summed E-state index contributed by atoms with van der Waals surface area (Å²) in [5.74, 6) is -0.576. The summed E-state index contributed by atoms with van der Waals surface area (Å²) in [6, 6.07) is 14.5. The third-order valence-corrected chi connectivity index (χ3v) is 6.65. The van der Waals surface area contributed by atoms with Gasteiger partial charge in [-0.3, -0.25) is 9.80 Å². The predicted molar refractivity (Wildman–Crippen MR) is 106 cm³/mol. The first-order chi connectivity index (χ1) is 13.5. The Morgan fingerprint density at radius 3 is 2.50 bits per heavy atom. The van der Waals surface area contributed by atoms with Gasteiger partial charge in [0.05, 0.1) is 30.3 Å². The number of para-hydroxylation sites is 1. The van der Waals surface area contributed by atoms with Crippen molar-refractivity contribution < 1.29 is 17.9 Å². The van der Waals surface area contributed by atoms with E-state index in [4.69, 9.17) is 4.74 Å². The lowest BCUT2D eigenvalue weighted by atomic mass is 10.1. The van der Waals surface area contributed by atoms with Gasteiger partial charge in [0.25, 0.3) is 5.91 Å². The van der Waals surface area contributed by atoms with Gasteiger partial charge < -0.3 is 9.64 Å². The summed E-state index contributed by atoms with van der Waals surface area (Å²) in [7, 11) is -3.99. The Bertz CT molecular complexity index is 1040. The smallest absolute Gasteiger partial charge is 0.286 e. The topological polar surface area (TPSA) is 79.3 Å². The van der Waals surface area contributed by atoms with Crippen molar-refractivity contribution in [3.63, 3.8) is 0 Å². The maximum atomic E-state index is 13.1. The normalized spacial score (nSPS) is 18.4. The molecule has 2 aromatic carbocycles. The van der Waals surface area contributed by atoms with Crippen molar-refractivity contribution in [3.8, 4) is 0 Å². The lowest BCUT2D eigenvalue weighted by Gasteiger charge is -2.31. The summed E-state index contributed by atoms with van der Waals surface area (Å²) in [6.45, 7) is 3.86. The van der Waals surface area contributed by atoms with E-state index in [9.17, 15) is 13.2 Å². The van der Waals surface area contributed by atoms with E-state index in [1.165, 1.54) is 11.0 Å². The number of hydrazone groups is 1. The fraction of sp³-hybridized carbons (Fsp3) is 0.300. The van der Waals surface area contributed by atoms with Crippen molar-refractivity contribution in [2.45, 2.75) is 18.4 Å². The minimum atomic E-state index is -3.99. The summed E-state index contributed by atoms with van der Waals surface area (Å²) >= 11 is 0. The summed E-state index contributed by atoms with van der Waals surface area (Å²) in [6.07, 6.45) is 0. The number of fused-ring (bicyclic) bond motifs is 1. The molecule has 0 radical (unpaired) electrons. The summed E-state index contributed by atoms with van der Waals surface area (Å²) in [5, 5.41) is 5.49. The van der Waals surface area contributed by atoms with Crippen LogP contribution in [-0.2, 0) is 25.9 Å². The highest BCUT2D eigenvalue weighted by atomic mass is 32.2. The number of anilines is 1. The van der Waals surface area contributed by atoms with Gasteiger partial charge in [0.1, 0.15) is 0 Å². The molecule has 0 aliphatic carbocycles. The van der Waals surface area contributed by atoms with E-state index in [1.54, 1.807) is 23.2 Å². The highest BCUT2D eigenvalue weighted by Gasteiger charge is 2.39. The number of rotatable bonds is 3. The monoisotopic (exact) mass is 399 g/mol. The third-order valence-electron chi connectivity index (χ3n) is 4.96. The van der Waals surface area contributed by atoms with Crippen LogP contribution in [0.4, 0.5) is 5.69 Å². The molecule has 2 aromatic rings. The van der Waals surface area contributed by atoms with E-state index in [1.807, 2.05) is 31.2 Å². The molecule has 2 aliphatic heterocycles. The average molecular weight is 399 g/mol. The molecule has 0 saturated carbocycles. The number of aryl methyl sites for hydroxylation is 1. The summed E-state index contributed by atoms with van der Waals surface area (Å²) < 4.78 is 31.5. The molecule has 146 valence electrons. The molecule has 0 aromatic heterocycles. The van der Waals surface area contributed by atoms with Crippen molar-refractivity contribution >= 4 is 26.5 Å². The van der Waals surface area contributed by atoms with E-state index < -0.39 is 20.8 Å². The van der Waals surface area contributed by atoms with E-state index in [0.717, 1.165) is 11.1 Å². The first-order valence-electron chi connectivity index (χ1n) is 9.10. The molecule has 2 heterocycles. The SMILES string of the molecule is Cc1ccccc1CN1N=C(C(=O)N2CCOCC2)S(=O)(=O)c2ccccc21. The number of sulfone groups is 1. The maximum Gasteiger partial charge on any atom is 0.286 e. The van der Waals surface area contributed by atoms with Crippen LogP contribution in [0.15, 0.2) is 58.5 Å². The van der Waals surface area contributed by atoms with Crippen LogP contribution in [0.5, 0.6) is 0 Å². The van der Waals surface area contributed by atoms with Gasteiger partial charge in [-0.15, -0.1) is 0 Å². The van der Waals surface area contributed by atoms with Crippen molar-refractivity contribution in [2.24, 2.45) is 5.10 Å². The van der Waals surface area contributed by atoms with Crippen LogP contribution in [0.2, 0.25) is 0 Å². The number of nitrogens with zero attached hydrogens (tertiary/aromatic N) is 3. The molecule has 0 N–H and O–H groups in total. The van der Waals surface area contributed by atoms with E-state index >= 15 is 0 Å². The van der Waals surface area contributed by atoms with Gasteiger partial charge in [-0.25, -0.2) is 8.42 Å². The van der Waals surface area contributed by atoms with Crippen LogP contribution < -0.4 is 5.01 Å². The quantitative estimate of drug-likeness (QED) is 0.788. The Morgan fingerprint density at radius 2 is 1.75 bits per heavy atom. The molecule has 7 nitrogen and oxygen atoms in total. The number of carbonyl (C=O) groups is 1. The number of hydrogen-bond acceptors (Lipinski definition) is 6. The molecule has 1 saturated heterocycles. The van der Waals surface area contributed by atoms with Crippen LogP contribution in [0.3, 0.4) is 0 Å². The zero-order valence-corrected chi connectivity index (χ0v) is 16.4. The second kappa shape index (κ2) is 7.37. The molecule has 0 spiro atoms. The highest BCUT2D eigenvalue weighted by Crippen LogP contribution is 2.33. The number of hydrogen-bond donors (Lipinski definition) is 0. The highest BCUT2D eigenvalue weighted by molar-refractivity contribution is 8.08. The molecular formula is C20H21N3O4S. The van der Waals surface area contributed by atoms with Gasteiger partial charge in [-0.05, 0) is 30.2 Å². The number of carbonyl (C=O) groups excluding carboxylic acids is 1. The van der Waals surface area contributed by atoms with Crippen molar-refractivity contribution in [2.75, 3.05) is 31.3 Å². The molecule has 0 bridgehead atoms. The van der Waals surface area contributed by atoms with Gasteiger partial charge >= 0.3 is 0 Å². The minimum absolute atomic E-state index is 0.107. The predicted octanol–water partition coefficient (Wildman–Crippen LogP) is 1.96. The van der Waals surface area contributed by atoms with Crippen LogP contribution in [0.25, 0.3) is 0 Å². The fourth-order valence-corrected chi connectivity index (χ4v) is 4.83. The Labute approximate surface area is 164 Å². The van der Waals surface area contributed by atoms with Crippen molar-refractivity contribution in [1.82, 2.24) is 4.90 Å². The van der Waals surface area contributed by atoms with E-state index in [0.29, 0.717) is 38.5 Å². The molecular weight excluding hydrogens is 378 g/mol. The number of benzene rings is 2. The first-order valence-corrected chi connectivity index (χ1v) is 10.6.